The number of hydrogen-bond acceptors (Lipinski definition) is 3. The van der Waals surface area contributed by atoms with E-state index in [0.29, 0.717) is 12.1 Å². The monoisotopic (exact) mass is 278 g/mol. The number of hydrogen-bond donors (Lipinski definition) is 1. The highest BCUT2D eigenvalue weighted by Gasteiger charge is 2.18. The lowest BCUT2D eigenvalue weighted by Gasteiger charge is -2.19. The summed E-state index contributed by atoms with van der Waals surface area (Å²) in [6.45, 7) is 4.34. The average molecular weight is 278 g/mol. The third kappa shape index (κ3) is 4.60. The molecule has 4 nitrogen and oxygen atoms in total. The summed E-state index contributed by atoms with van der Waals surface area (Å²) in [5, 5.41) is 8.39. The molecule has 1 atom stereocenters. The number of likely N-dealkylation sites (N-methyl/N-ethyl adjacent to an activating group) is 1. The number of nitrogens with zero attached hydrogens (tertiary/aromatic N) is 3. The van der Waals surface area contributed by atoms with E-state index in [1.54, 1.807) is 0 Å². The Morgan fingerprint density at radius 1 is 1.40 bits per heavy atom. The van der Waals surface area contributed by atoms with Crippen LogP contribution >= 0.6 is 0 Å². The van der Waals surface area contributed by atoms with Crippen LogP contribution in [0.5, 0.6) is 0 Å². The van der Waals surface area contributed by atoms with E-state index in [1.165, 1.54) is 37.8 Å². The molecular formula is C16H30N4. The van der Waals surface area contributed by atoms with Gasteiger partial charge in [0.25, 0.3) is 0 Å². The van der Waals surface area contributed by atoms with Crippen LogP contribution in [0.25, 0.3) is 0 Å². The SMILES string of the molecule is CCNC(CCN(C)C)Cc1ccn(C2CCCC2)n1. The van der Waals surface area contributed by atoms with Gasteiger partial charge in [-0.3, -0.25) is 4.68 Å². The first-order valence-corrected chi connectivity index (χ1v) is 8.11. The predicted molar refractivity (Wildman–Crippen MR) is 84.1 cm³/mol. The largest absolute Gasteiger partial charge is 0.314 e. The molecule has 0 spiro atoms. The molecule has 0 aliphatic heterocycles. The Kier molecular flexibility index (Phi) is 6.05. The van der Waals surface area contributed by atoms with Crippen LogP contribution in [-0.4, -0.2) is 47.9 Å². The Labute approximate surface area is 123 Å². The highest BCUT2D eigenvalue weighted by molar-refractivity contribution is 5.03. The molecule has 0 radical (unpaired) electrons. The number of nitrogens with one attached hydrogen (secondary N) is 1. The van der Waals surface area contributed by atoms with Crippen molar-refractivity contribution in [2.75, 3.05) is 27.2 Å². The number of aromatic nitrogens is 2. The lowest BCUT2D eigenvalue weighted by atomic mass is 10.1. The summed E-state index contributed by atoms with van der Waals surface area (Å²) in [6.07, 6.45) is 9.74. The Balaban J connectivity index is 1.88. The Hall–Kier alpha value is -0.870. The predicted octanol–water partition coefficient (Wildman–Crippen LogP) is 2.47. The molecule has 1 fully saturated rings. The second-order valence-corrected chi connectivity index (χ2v) is 6.28. The topological polar surface area (TPSA) is 33.1 Å². The standard InChI is InChI=1S/C16H30N4/c1-4-17-14(9-11-19(2)3)13-15-10-12-20(18-15)16-7-5-6-8-16/h10,12,14,16-17H,4-9,11,13H2,1-3H3. The summed E-state index contributed by atoms with van der Waals surface area (Å²) >= 11 is 0. The van der Waals surface area contributed by atoms with Gasteiger partial charge in [0.2, 0.25) is 0 Å². The van der Waals surface area contributed by atoms with Crippen molar-refractivity contribution in [2.45, 2.75) is 57.5 Å². The zero-order valence-corrected chi connectivity index (χ0v) is 13.3. The Morgan fingerprint density at radius 2 is 2.15 bits per heavy atom. The van der Waals surface area contributed by atoms with E-state index < -0.39 is 0 Å². The van der Waals surface area contributed by atoms with Crippen molar-refractivity contribution in [1.29, 1.82) is 0 Å². The normalized spacial score (nSPS) is 18.0. The maximum atomic E-state index is 4.80. The fourth-order valence-electron chi connectivity index (χ4n) is 3.09. The van der Waals surface area contributed by atoms with Crippen molar-refractivity contribution in [3.05, 3.63) is 18.0 Å². The van der Waals surface area contributed by atoms with E-state index >= 15 is 0 Å². The molecular weight excluding hydrogens is 248 g/mol. The van der Waals surface area contributed by atoms with Gasteiger partial charge >= 0.3 is 0 Å². The van der Waals surface area contributed by atoms with Gasteiger partial charge in [0.05, 0.1) is 11.7 Å². The zero-order valence-electron chi connectivity index (χ0n) is 13.3. The summed E-state index contributed by atoms with van der Waals surface area (Å²) in [4.78, 5) is 2.25. The molecule has 4 heteroatoms. The van der Waals surface area contributed by atoms with Gasteiger partial charge in [-0.05, 0) is 52.5 Å². The number of rotatable bonds is 8. The summed E-state index contributed by atoms with van der Waals surface area (Å²) in [5.74, 6) is 0. The summed E-state index contributed by atoms with van der Waals surface area (Å²) in [7, 11) is 4.27. The van der Waals surface area contributed by atoms with Gasteiger partial charge in [-0.1, -0.05) is 19.8 Å². The van der Waals surface area contributed by atoms with Crippen molar-refractivity contribution in [1.82, 2.24) is 20.0 Å². The van der Waals surface area contributed by atoms with E-state index in [2.05, 4.69) is 48.2 Å². The quantitative estimate of drug-likeness (QED) is 0.793. The summed E-state index contributed by atoms with van der Waals surface area (Å²) in [5.41, 5.74) is 1.24. The molecule has 1 aliphatic carbocycles. The minimum absolute atomic E-state index is 0.536. The van der Waals surface area contributed by atoms with Crippen LogP contribution in [0.1, 0.15) is 50.8 Å². The second kappa shape index (κ2) is 7.79. The lowest BCUT2D eigenvalue weighted by Crippen LogP contribution is -2.34. The van der Waals surface area contributed by atoms with Crippen molar-refractivity contribution in [2.24, 2.45) is 0 Å². The molecule has 0 saturated heterocycles. The van der Waals surface area contributed by atoms with Crippen molar-refractivity contribution in [3.63, 3.8) is 0 Å². The van der Waals surface area contributed by atoms with Gasteiger partial charge in [0.1, 0.15) is 0 Å². The minimum Gasteiger partial charge on any atom is -0.314 e. The third-order valence-electron chi connectivity index (χ3n) is 4.24. The molecule has 1 unspecified atom stereocenters. The highest BCUT2D eigenvalue weighted by Crippen LogP contribution is 2.28. The maximum absolute atomic E-state index is 4.80. The van der Waals surface area contributed by atoms with E-state index in [9.17, 15) is 0 Å². The first-order valence-electron chi connectivity index (χ1n) is 8.11. The fraction of sp³-hybridized carbons (Fsp3) is 0.812. The van der Waals surface area contributed by atoms with Gasteiger partial charge in [0, 0.05) is 18.7 Å². The van der Waals surface area contributed by atoms with Crippen LogP contribution in [0.3, 0.4) is 0 Å². The van der Waals surface area contributed by atoms with Crippen LogP contribution in [-0.2, 0) is 6.42 Å². The van der Waals surface area contributed by atoms with Crippen LogP contribution in [0.2, 0.25) is 0 Å². The van der Waals surface area contributed by atoms with Crippen LogP contribution in [0, 0.1) is 0 Å². The molecule has 114 valence electrons. The lowest BCUT2D eigenvalue weighted by molar-refractivity contribution is 0.356. The summed E-state index contributed by atoms with van der Waals surface area (Å²) < 4.78 is 2.21. The summed E-state index contributed by atoms with van der Waals surface area (Å²) in [6, 6.07) is 3.40. The van der Waals surface area contributed by atoms with Crippen LogP contribution in [0.15, 0.2) is 12.3 Å². The van der Waals surface area contributed by atoms with Gasteiger partial charge in [0.15, 0.2) is 0 Å². The van der Waals surface area contributed by atoms with Gasteiger partial charge in [-0.25, -0.2) is 0 Å². The first kappa shape index (κ1) is 15.5. The minimum atomic E-state index is 0.536. The van der Waals surface area contributed by atoms with Crippen molar-refractivity contribution < 1.29 is 0 Å². The van der Waals surface area contributed by atoms with Gasteiger partial charge in [-0.2, -0.15) is 5.10 Å². The molecule has 1 heterocycles. The molecule has 0 bridgehead atoms. The van der Waals surface area contributed by atoms with Crippen LogP contribution < -0.4 is 5.32 Å². The highest BCUT2D eigenvalue weighted by atomic mass is 15.3. The van der Waals surface area contributed by atoms with Gasteiger partial charge < -0.3 is 10.2 Å². The van der Waals surface area contributed by atoms with Crippen LogP contribution in [0.4, 0.5) is 0 Å². The van der Waals surface area contributed by atoms with Crippen molar-refractivity contribution in [3.8, 4) is 0 Å². The Bertz CT molecular complexity index is 380. The molecule has 1 aromatic rings. The molecule has 0 aromatic carbocycles. The zero-order chi connectivity index (χ0) is 14.4. The van der Waals surface area contributed by atoms with E-state index in [1.807, 2.05) is 0 Å². The average Bonchev–Trinajstić information content (AvgIpc) is 3.06. The third-order valence-corrected chi connectivity index (χ3v) is 4.24. The van der Waals surface area contributed by atoms with Crippen molar-refractivity contribution >= 4 is 0 Å². The molecule has 1 aromatic heterocycles. The molecule has 20 heavy (non-hydrogen) atoms. The molecule has 2 rings (SSSR count). The molecule has 0 amide bonds. The molecule has 1 aliphatic rings. The Morgan fingerprint density at radius 3 is 2.80 bits per heavy atom. The first-order chi connectivity index (χ1) is 9.69. The van der Waals surface area contributed by atoms with E-state index in [4.69, 9.17) is 5.10 Å². The van der Waals surface area contributed by atoms with Gasteiger partial charge in [-0.15, -0.1) is 0 Å². The molecule has 1 saturated carbocycles. The second-order valence-electron chi connectivity index (χ2n) is 6.28. The van der Waals surface area contributed by atoms with E-state index in [-0.39, 0.29) is 0 Å². The fourth-order valence-corrected chi connectivity index (χ4v) is 3.09. The maximum Gasteiger partial charge on any atom is 0.0640 e. The smallest absolute Gasteiger partial charge is 0.0640 e. The van der Waals surface area contributed by atoms with E-state index in [0.717, 1.165) is 19.5 Å². The molecule has 1 N–H and O–H groups in total.